The number of aromatic nitrogens is 2. The summed E-state index contributed by atoms with van der Waals surface area (Å²) in [6.45, 7) is 0. The largest absolute Gasteiger partial charge is 0.336 e. The van der Waals surface area contributed by atoms with Gasteiger partial charge in [0.15, 0.2) is 0 Å². The highest BCUT2D eigenvalue weighted by Gasteiger charge is 2.29. The molecule has 2 aliphatic rings. The van der Waals surface area contributed by atoms with Gasteiger partial charge in [0.1, 0.15) is 0 Å². The van der Waals surface area contributed by atoms with Crippen LogP contribution < -0.4 is 0 Å². The third-order valence-corrected chi connectivity index (χ3v) is 9.80. The molecule has 1 unspecified atom stereocenters. The topological polar surface area (TPSA) is 22.2 Å². The number of hydrogen-bond donors (Lipinski definition) is 0. The van der Waals surface area contributed by atoms with Crippen LogP contribution in [0.2, 0.25) is 0 Å². The lowest BCUT2D eigenvalue weighted by Crippen LogP contribution is -2.13. The molecule has 3 heteroatoms. The molecular weight excluding hydrogens is 522 g/mol. The Hall–Kier alpha value is -4.89. The van der Waals surface area contributed by atoms with Crippen LogP contribution in [0.15, 0.2) is 133 Å². The normalized spacial score (nSPS) is 17.1. The van der Waals surface area contributed by atoms with E-state index in [4.69, 9.17) is 4.99 Å². The van der Waals surface area contributed by atoms with Gasteiger partial charge < -0.3 is 9.13 Å². The highest BCUT2D eigenvalue weighted by atomic mass is 15.1. The molecule has 9 rings (SSSR count). The Balaban J connectivity index is 1.19. The second kappa shape index (κ2) is 9.84. The average molecular weight is 556 g/mol. The highest BCUT2D eigenvalue weighted by Crippen LogP contribution is 2.43. The molecular formula is C40H33N3. The minimum absolute atomic E-state index is 0.140. The van der Waals surface area contributed by atoms with Gasteiger partial charge in [0.2, 0.25) is 0 Å². The molecule has 0 saturated heterocycles. The van der Waals surface area contributed by atoms with Crippen LogP contribution in [0.3, 0.4) is 0 Å². The molecule has 0 radical (unpaired) electrons. The molecule has 1 atom stereocenters. The summed E-state index contributed by atoms with van der Waals surface area (Å²) in [6.07, 6.45) is 8.74. The first kappa shape index (κ1) is 24.7. The van der Waals surface area contributed by atoms with Gasteiger partial charge >= 0.3 is 0 Å². The second-order valence-electron chi connectivity index (χ2n) is 12.2. The number of hydrogen-bond acceptors (Lipinski definition) is 1. The predicted octanol–water partition coefficient (Wildman–Crippen LogP) is 10.5. The molecule has 5 aromatic carbocycles. The number of benzene rings is 5. The van der Waals surface area contributed by atoms with E-state index in [0.29, 0.717) is 6.04 Å². The molecule has 208 valence electrons. The Morgan fingerprint density at radius 1 is 0.605 bits per heavy atom. The van der Waals surface area contributed by atoms with Crippen molar-refractivity contribution in [2.24, 2.45) is 4.99 Å². The van der Waals surface area contributed by atoms with Crippen molar-refractivity contribution in [2.45, 2.75) is 44.1 Å². The summed E-state index contributed by atoms with van der Waals surface area (Å²) in [5.41, 5.74) is 11.2. The average Bonchev–Trinajstić information content (AvgIpc) is 3.77. The molecule has 3 heterocycles. The van der Waals surface area contributed by atoms with Crippen molar-refractivity contribution in [1.29, 1.82) is 0 Å². The van der Waals surface area contributed by atoms with Crippen LogP contribution >= 0.6 is 0 Å². The fraction of sp³-hybridized carbons (Fsp3) is 0.175. The lowest BCUT2D eigenvalue weighted by molar-refractivity contribution is 0.367. The van der Waals surface area contributed by atoms with E-state index in [1.165, 1.54) is 87.2 Å². The highest BCUT2D eigenvalue weighted by molar-refractivity contribution is 6.17. The minimum atomic E-state index is 0.140. The SMILES string of the molecule is c1ccc(C2C(c3ccc(-n4ccc5ccc6c7ccccc7n(C7CCCCC7)c6c54)cc3)=Nc3ccccc32)cc1. The molecule has 1 saturated carbocycles. The zero-order chi connectivity index (χ0) is 28.3. The van der Waals surface area contributed by atoms with Gasteiger partial charge in [-0.05, 0) is 59.9 Å². The van der Waals surface area contributed by atoms with Crippen molar-refractivity contribution in [2.75, 3.05) is 0 Å². The van der Waals surface area contributed by atoms with Gasteiger partial charge in [0.25, 0.3) is 0 Å². The Labute approximate surface area is 251 Å². The molecule has 0 N–H and O–H groups in total. The van der Waals surface area contributed by atoms with E-state index in [0.717, 1.165) is 11.4 Å². The zero-order valence-corrected chi connectivity index (χ0v) is 24.2. The second-order valence-corrected chi connectivity index (χ2v) is 12.2. The Bertz CT molecular complexity index is 2160. The van der Waals surface area contributed by atoms with Crippen LogP contribution in [0.5, 0.6) is 0 Å². The van der Waals surface area contributed by atoms with Gasteiger partial charge in [0, 0.05) is 39.6 Å². The zero-order valence-electron chi connectivity index (χ0n) is 24.2. The van der Waals surface area contributed by atoms with Gasteiger partial charge in [-0.1, -0.05) is 110 Å². The Morgan fingerprint density at radius 3 is 2.23 bits per heavy atom. The van der Waals surface area contributed by atoms with E-state index >= 15 is 0 Å². The summed E-state index contributed by atoms with van der Waals surface area (Å²) in [4.78, 5) is 5.16. The van der Waals surface area contributed by atoms with E-state index in [9.17, 15) is 0 Å². The number of nitrogens with zero attached hydrogens (tertiary/aromatic N) is 3. The van der Waals surface area contributed by atoms with Crippen molar-refractivity contribution < 1.29 is 0 Å². The smallest absolute Gasteiger partial charge is 0.0773 e. The van der Waals surface area contributed by atoms with Crippen LogP contribution in [0, 0.1) is 0 Å². The first-order chi connectivity index (χ1) is 21.3. The number of para-hydroxylation sites is 2. The molecule has 0 bridgehead atoms. The van der Waals surface area contributed by atoms with Crippen molar-refractivity contribution >= 4 is 44.1 Å². The maximum atomic E-state index is 5.16. The Morgan fingerprint density at radius 2 is 1.37 bits per heavy atom. The third-order valence-electron chi connectivity index (χ3n) is 9.80. The van der Waals surface area contributed by atoms with Crippen LogP contribution in [0.1, 0.15) is 60.8 Å². The lowest BCUT2D eigenvalue weighted by Gasteiger charge is -2.25. The summed E-state index contributed by atoms with van der Waals surface area (Å²) < 4.78 is 5.09. The van der Waals surface area contributed by atoms with Crippen molar-refractivity contribution in [3.05, 3.63) is 144 Å². The van der Waals surface area contributed by atoms with Gasteiger partial charge in [-0.15, -0.1) is 0 Å². The van der Waals surface area contributed by atoms with E-state index < -0.39 is 0 Å². The quantitative estimate of drug-likeness (QED) is 0.206. The standard InChI is InChI=1S/C40H33N3/c1-3-11-27(12-4-1)37-34-16-7-9-17-35(34)41-38(37)28-19-22-30(23-20-28)42-26-25-29-21-24-33-32-15-8-10-18-36(32)43(40(33)39(29)42)31-13-5-2-6-14-31/h1,3-4,7-12,15-26,31,37H,2,5-6,13-14H2. The van der Waals surface area contributed by atoms with Gasteiger partial charge in [-0.25, -0.2) is 0 Å². The van der Waals surface area contributed by atoms with Gasteiger partial charge in [-0.2, -0.15) is 0 Å². The van der Waals surface area contributed by atoms with Crippen molar-refractivity contribution in [3.63, 3.8) is 0 Å². The fourth-order valence-corrected chi connectivity index (χ4v) is 7.82. The molecule has 1 aliphatic heterocycles. The maximum Gasteiger partial charge on any atom is 0.0773 e. The molecule has 0 amide bonds. The minimum Gasteiger partial charge on any atom is -0.336 e. The van der Waals surface area contributed by atoms with Crippen LogP contribution in [-0.4, -0.2) is 14.8 Å². The monoisotopic (exact) mass is 555 g/mol. The van der Waals surface area contributed by atoms with Gasteiger partial charge in [0.05, 0.1) is 28.4 Å². The first-order valence-corrected chi connectivity index (χ1v) is 15.7. The number of fused-ring (bicyclic) bond motifs is 6. The lowest BCUT2D eigenvalue weighted by atomic mass is 9.86. The summed E-state index contributed by atoms with van der Waals surface area (Å²) >= 11 is 0. The van der Waals surface area contributed by atoms with E-state index in [2.05, 4.69) is 137 Å². The summed E-state index contributed by atoms with van der Waals surface area (Å²) in [5.74, 6) is 0.140. The summed E-state index contributed by atoms with van der Waals surface area (Å²) in [7, 11) is 0. The first-order valence-electron chi connectivity index (χ1n) is 15.7. The van der Waals surface area contributed by atoms with Gasteiger partial charge in [-0.3, -0.25) is 4.99 Å². The molecule has 7 aromatic rings. The summed E-state index contributed by atoms with van der Waals surface area (Å²) in [6, 6.07) is 44.9. The molecule has 1 aliphatic carbocycles. The van der Waals surface area contributed by atoms with E-state index in [1.807, 2.05) is 0 Å². The van der Waals surface area contributed by atoms with Crippen LogP contribution in [0.4, 0.5) is 5.69 Å². The Kier molecular flexibility index (Phi) is 5.65. The third kappa shape index (κ3) is 3.84. The fourth-order valence-electron chi connectivity index (χ4n) is 7.82. The molecule has 43 heavy (non-hydrogen) atoms. The van der Waals surface area contributed by atoms with E-state index in [-0.39, 0.29) is 5.92 Å². The van der Waals surface area contributed by atoms with Crippen LogP contribution in [-0.2, 0) is 0 Å². The van der Waals surface area contributed by atoms with E-state index in [1.54, 1.807) is 0 Å². The molecule has 1 fully saturated rings. The summed E-state index contributed by atoms with van der Waals surface area (Å²) in [5, 5.41) is 4.00. The molecule has 0 spiro atoms. The number of rotatable bonds is 4. The predicted molar refractivity (Wildman–Crippen MR) is 179 cm³/mol. The van der Waals surface area contributed by atoms with Crippen molar-refractivity contribution in [1.82, 2.24) is 9.13 Å². The maximum absolute atomic E-state index is 5.16. The molecule has 2 aromatic heterocycles. The van der Waals surface area contributed by atoms with Crippen LogP contribution in [0.25, 0.3) is 38.4 Å². The number of aliphatic imine (C=N–C) groups is 1. The van der Waals surface area contributed by atoms with Crippen molar-refractivity contribution in [3.8, 4) is 5.69 Å². The molecule has 3 nitrogen and oxygen atoms in total.